The monoisotopic (exact) mass is 386 g/mol. The molecule has 1 heterocycles. The Morgan fingerprint density at radius 2 is 1.93 bits per heavy atom. The number of nitrogens with one attached hydrogen (secondary N) is 2. The molecule has 9 heteroatoms. The third kappa shape index (κ3) is 4.91. The Hall–Kier alpha value is -3.20. The molecule has 1 aromatic heterocycles. The van der Waals surface area contributed by atoms with Crippen molar-refractivity contribution >= 4 is 32.4 Å². The summed E-state index contributed by atoms with van der Waals surface area (Å²) in [5.74, 6) is -0.374. The summed E-state index contributed by atoms with van der Waals surface area (Å²) in [6.45, 7) is -0.00854. The number of sulfonamides is 1. The topological polar surface area (TPSA) is 110 Å². The van der Waals surface area contributed by atoms with E-state index in [2.05, 4.69) is 15.1 Å². The van der Waals surface area contributed by atoms with Gasteiger partial charge in [0.15, 0.2) is 0 Å². The van der Waals surface area contributed by atoms with Crippen LogP contribution in [0.3, 0.4) is 0 Å². The second-order valence-electron chi connectivity index (χ2n) is 6.05. The Kier molecular flexibility index (Phi) is 5.22. The van der Waals surface area contributed by atoms with E-state index in [1.165, 1.54) is 0 Å². The lowest BCUT2D eigenvalue weighted by Crippen LogP contribution is -2.33. The number of aromatic nitrogens is 2. The SMILES string of the molecule is CS(=O)(=O)Nc1cccc(CNC(=O)Cn2ncc3ccccc3c2=O)c1. The van der Waals surface area contributed by atoms with Gasteiger partial charge < -0.3 is 5.32 Å². The molecule has 1 amide bonds. The minimum atomic E-state index is -3.37. The Balaban J connectivity index is 1.66. The van der Waals surface area contributed by atoms with Gasteiger partial charge in [0.05, 0.1) is 17.8 Å². The second-order valence-corrected chi connectivity index (χ2v) is 7.79. The molecule has 2 N–H and O–H groups in total. The maximum atomic E-state index is 12.4. The lowest BCUT2D eigenvalue weighted by molar-refractivity contribution is -0.122. The molecular weight excluding hydrogens is 368 g/mol. The van der Waals surface area contributed by atoms with Gasteiger partial charge in [-0.3, -0.25) is 14.3 Å². The molecule has 0 fully saturated rings. The van der Waals surface area contributed by atoms with Gasteiger partial charge in [0.1, 0.15) is 6.54 Å². The van der Waals surface area contributed by atoms with Crippen molar-refractivity contribution in [3.63, 3.8) is 0 Å². The van der Waals surface area contributed by atoms with Crippen molar-refractivity contribution in [2.45, 2.75) is 13.1 Å². The van der Waals surface area contributed by atoms with Crippen LogP contribution in [0.15, 0.2) is 59.5 Å². The van der Waals surface area contributed by atoms with Crippen LogP contribution in [0.25, 0.3) is 10.8 Å². The van der Waals surface area contributed by atoms with Crippen molar-refractivity contribution in [3.8, 4) is 0 Å². The molecular formula is C18H18N4O4S. The Bertz CT molecular complexity index is 1160. The zero-order chi connectivity index (χ0) is 19.4. The Morgan fingerprint density at radius 3 is 2.70 bits per heavy atom. The molecule has 0 aliphatic rings. The van der Waals surface area contributed by atoms with Gasteiger partial charge in [-0.2, -0.15) is 5.10 Å². The molecule has 2 aromatic carbocycles. The fourth-order valence-corrected chi connectivity index (χ4v) is 3.15. The fourth-order valence-electron chi connectivity index (χ4n) is 2.59. The van der Waals surface area contributed by atoms with Crippen molar-refractivity contribution in [2.24, 2.45) is 0 Å². The van der Waals surface area contributed by atoms with E-state index in [1.807, 2.05) is 6.07 Å². The van der Waals surface area contributed by atoms with Gasteiger partial charge in [-0.25, -0.2) is 13.1 Å². The van der Waals surface area contributed by atoms with Crippen LogP contribution in [0, 0.1) is 0 Å². The lowest BCUT2D eigenvalue weighted by atomic mass is 10.2. The number of hydrogen-bond donors (Lipinski definition) is 2. The van der Waals surface area contributed by atoms with Crippen molar-refractivity contribution in [1.82, 2.24) is 15.1 Å². The largest absolute Gasteiger partial charge is 0.350 e. The van der Waals surface area contributed by atoms with Crippen molar-refractivity contribution in [2.75, 3.05) is 11.0 Å². The zero-order valence-electron chi connectivity index (χ0n) is 14.5. The molecule has 0 spiro atoms. The normalized spacial score (nSPS) is 11.3. The summed E-state index contributed by atoms with van der Waals surface area (Å²) >= 11 is 0. The molecule has 0 saturated carbocycles. The summed E-state index contributed by atoms with van der Waals surface area (Å²) in [6, 6.07) is 13.7. The number of anilines is 1. The third-order valence-corrected chi connectivity index (χ3v) is 4.38. The summed E-state index contributed by atoms with van der Waals surface area (Å²) in [5, 5.41) is 7.94. The van der Waals surface area contributed by atoms with Crippen LogP contribution in [0.5, 0.6) is 0 Å². The van der Waals surface area contributed by atoms with Crippen LogP contribution < -0.4 is 15.6 Å². The summed E-state index contributed by atoms with van der Waals surface area (Å²) in [4.78, 5) is 24.5. The number of carbonyl (C=O) groups excluding carboxylic acids is 1. The zero-order valence-corrected chi connectivity index (χ0v) is 15.4. The molecule has 0 atom stereocenters. The van der Waals surface area contributed by atoms with Gasteiger partial charge in [0.25, 0.3) is 5.56 Å². The highest BCUT2D eigenvalue weighted by molar-refractivity contribution is 7.92. The molecule has 0 aliphatic heterocycles. The third-order valence-electron chi connectivity index (χ3n) is 3.78. The number of fused-ring (bicyclic) bond motifs is 1. The lowest BCUT2D eigenvalue weighted by Gasteiger charge is -2.09. The van der Waals surface area contributed by atoms with Gasteiger partial charge in [-0.15, -0.1) is 0 Å². The standard InChI is InChI=1S/C18H18N4O4S/c1-27(25,26)21-15-7-4-5-13(9-15)10-19-17(23)12-22-18(24)16-8-3-2-6-14(16)11-20-22/h2-9,11,21H,10,12H2,1H3,(H,19,23). The van der Waals surface area contributed by atoms with Crippen molar-refractivity contribution in [1.29, 1.82) is 0 Å². The van der Waals surface area contributed by atoms with E-state index in [4.69, 9.17) is 0 Å². The first-order valence-electron chi connectivity index (χ1n) is 8.10. The first-order chi connectivity index (χ1) is 12.8. The van der Waals surface area contributed by atoms with Crippen LogP contribution >= 0.6 is 0 Å². The molecule has 0 radical (unpaired) electrons. The first-order valence-corrected chi connectivity index (χ1v) is 9.99. The van der Waals surface area contributed by atoms with Crippen molar-refractivity contribution in [3.05, 3.63) is 70.6 Å². The minimum Gasteiger partial charge on any atom is -0.350 e. The van der Waals surface area contributed by atoms with Crippen LogP contribution in [0.4, 0.5) is 5.69 Å². The molecule has 3 rings (SSSR count). The highest BCUT2D eigenvalue weighted by atomic mass is 32.2. The van der Waals surface area contributed by atoms with Gasteiger partial charge in [-0.05, 0) is 23.8 Å². The summed E-state index contributed by atoms with van der Waals surface area (Å²) in [7, 11) is -3.37. The average Bonchev–Trinajstić information content (AvgIpc) is 2.61. The van der Waals surface area contributed by atoms with E-state index < -0.39 is 10.0 Å². The first kappa shape index (κ1) is 18.6. The minimum absolute atomic E-state index is 0.195. The molecule has 8 nitrogen and oxygen atoms in total. The average molecular weight is 386 g/mol. The number of nitrogens with zero attached hydrogens (tertiary/aromatic N) is 2. The van der Waals surface area contributed by atoms with E-state index in [9.17, 15) is 18.0 Å². The number of amides is 1. The molecule has 0 aliphatic carbocycles. The number of rotatable bonds is 6. The molecule has 0 saturated heterocycles. The summed E-state index contributed by atoms with van der Waals surface area (Å²) in [6.07, 6.45) is 2.61. The smallest absolute Gasteiger partial charge is 0.275 e. The Morgan fingerprint density at radius 1 is 1.15 bits per heavy atom. The van der Waals surface area contributed by atoms with Gasteiger partial charge in [0, 0.05) is 17.6 Å². The van der Waals surface area contributed by atoms with Gasteiger partial charge in [0.2, 0.25) is 15.9 Å². The van der Waals surface area contributed by atoms with Crippen LogP contribution in [-0.2, 0) is 27.9 Å². The van der Waals surface area contributed by atoms with Crippen molar-refractivity contribution < 1.29 is 13.2 Å². The maximum absolute atomic E-state index is 12.4. The van der Waals surface area contributed by atoms with E-state index in [0.29, 0.717) is 16.5 Å². The van der Waals surface area contributed by atoms with E-state index in [0.717, 1.165) is 16.5 Å². The van der Waals surface area contributed by atoms with Crippen LogP contribution in [0.1, 0.15) is 5.56 Å². The van der Waals surface area contributed by atoms with Gasteiger partial charge >= 0.3 is 0 Å². The quantitative estimate of drug-likeness (QED) is 0.659. The highest BCUT2D eigenvalue weighted by Gasteiger charge is 2.09. The van der Waals surface area contributed by atoms with E-state index in [-0.39, 0.29) is 24.6 Å². The number of benzene rings is 2. The number of hydrogen-bond acceptors (Lipinski definition) is 5. The predicted octanol–water partition coefficient (Wildman–Crippen LogP) is 1.08. The molecule has 0 unspecified atom stereocenters. The molecule has 140 valence electrons. The predicted molar refractivity (Wildman–Crippen MR) is 103 cm³/mol. The van der Waals surface area contributed by atoms with Crippen LogP contribution in [0.2, 0.25) is 0 Å². The molecule has 3 aromatic rings. The Labute approximate surface area is 155 Å². The highest BCUT2D eigenvalue weighted by Crippen LogP contribution is 2.12. The summed E-state index contributed by atoms with van der Waals surface area (Å²) in [5.41, 5.74) is 0.801. The molecule has 27 heavy (non-hydrogen) atoms. The number of carbonyl (C=O) groups is 1. The fraction of sp³-hybridized carbons (Fsp3) is 0.167. The van der Waals surface area contributed by atoms with Gasteiger partial charge in [-0.1, -0.05) is 30.3 Å². The van der Waals surface area contributed by atoms with Crippen LogP contribution in [-0.4, -0.2) is 30.4 Å². The van der Waals surface area contributed by atoms with E-state index >= 15 is 0 Å². The second kappa shape index (κ2) is 7.58. The van der Waals surface area contributed by atoms with E-state index in [1.54, 1.807) is 48.7 Å². The summed E-state index contributed by atoms with van der Waals surface area (Å²) < 4.78 is 26.1. The molecule has 0 bridgehead atoms. The maximum Gasteiger partial charge on any atom is 0.275 e.